The molecule has 0 unspecified atom stereocenters. The second-order valence-corrected chi connectivity index (χ2v) is 8.57. The molecule has 142 valence electrons. The zero-order chi connectivity index (χ0) is 18.8. The number of nitrogens with zero attached hydrogens (tertiary/aromatic N) is 2. The van der Waals surface area contributed by atoms with Crippen molar-refractivity contribution in [3.8, 4) is 5.69 Å². The minimum Gasteiger partial charge on any atom is -0.381 e. The van der Waals surface area contributed by atoms with Crippen molar-refractivity contribution in [1.82, 2.24) is 9.55 Å². The fraction of sp³-hybridized carbons (Fsp3) is 0.400. The maximum atomic E-state index is 14.5. The van der Waals surface area contributed by atoms with Crippen LogP contribution < -0.4 is 5.56 Å². The van der Waals surface area contributed by atoms with Crippen LogP contribution >= 0.6 is 23.1 Å². The summed E-state index contributed by atoms with van der Waals surface area (Å²) < 4.78 is 21.4. The van der Waals surface area contributed by atoms with Gasteiger partial charge >= 0.3 is 0 Å². The van der Waals surface area contributed by atoms with E-state index in [0.717, 1.165) is 36.1 Å². The quantitative estimate of drug-likeness (QED) is 0.342. The van der Waals surface area contributed by atoms with Crippen molar-refractivity contribution in [3.05, 3.63) is 50.9 Å². The lowest BCUT2D eigenvalue weighted by molar-refractivity contribution is 0.164. The molecule has 1 aliphatic carbocycles. The zero-order valence-corrected chi connectivity index (χ0v) is 16.8. The molecule has 1 aliphatic rings. The standard InChI is InChI=1S/C20H21FN2O2S2/c1-2-25-11-12-26-20-22-18-17(13-7-3-6-10-16(13)27-18)19(24)23(20)15-9-5-4-8-14(15)21/h4-5,8-9H,2-3,6-7,10-12H2,1H3. The average Bonchev–Trinajstić information content (AvgIpc) is 3.05. The second-order valence-electron chi connectivity index (χ2n) is 6.42. The molecule has 0 spiro atoms. The fourth-order valence-electron chi connectivity index (χ4n) is 3.46. The summed E-state index contributed by atoms with van der Waals surface area (Å²) in [5.41, 5.74) is 1.21. The van der Waals surface area contributed by atoms with Crippen LogP contribution in [0.4, 0.5) is 4.39 Å². The Balaban J connectivity index is 1.90. The molecule has 27 heavy (non-hydrogen) atoms. The van der Waals surface area contributed by atoms with Crippen molar-refractivity contribution >= 4 is 33.3 Å². The molecule has 4 rings (SSSR count). The lowest BCUT2D eigenvalue weighted by Gasteiger charge is -2.14. The van der Waals surface area contributed by atoms with Crippen molar-refractivity contribution in [1.29, 1.82) is 0 Å². The van der Waals surface area contributed by atoms with Gasteiger partial charge in [0.2, 0.25) is 0 Å². The number of hydrogen-bond acceptors (Lipinski definition) is 5. The molecular weight excluding hydrogens is 383 g/mol. The predicted octanol–water partition coefficient (Wildman–Crippen LogP) is 4.59. The number of aryl methyl sites for hydroxylation is 2. The summed E-state index contributed by atoms with van der Waals surface area (Å²) in [6.45, 7) is 3.15. The largest absolute Gasteiger partial charge is 0.381 e. The SMILES string of the molecule is CCOCCSc1nc2sc3c(c2c(=O)n1-c1ccccc1F)CCCC3. The number of hydrogen-bond donors (Lipinski definition) is 0. The van der Waals surface area contributed by atoms with Crippen LogP contribution in [0.15, 0.2) is 34.2 Å². The van der Waals surface area contributed by atoms with Crippen LogP contribution in [0.3, 0.4) is 0 Å². The molecular formula is C20H21FN2O2S2. The van der Waals surface area contributed by atoms with Gasteiger partial charge in [0.25, 0.3) is 5.56 Å². The van der Waals surface area contributed by atoms with E-state index in [1.807, 2.05) is 6.92 Å². The molecule has 0 aliphatic heterocycles. The third kappa shape index (κ3) is 3.56. The lowest BCUT2D eigenvalue weighted by atomic mass is 9.97. The Morgan fingerprint density at radius 3 is 2.93 bits per heavy atom. The molecule has 0 N–H and O–H groups in total. The van der Waals surface area contributed by atoms with E-state index in [-0.39, 0.29) is 11.2 Å². The first-order valence-electron chi connectivity index (χ1n) is 9.23. The zero-order valence-electron chi connectivity index (χ0n) is 15.2. The highest BCUT2D eigenvalue weighted by Gasteiger charge is 2.23. The van der Waals surface area contributed by atoms with E-state index >= 15 is 0 Å². The summed E-state index contributed by atoms with van der Waals surface area (Å²) in [6.07, 6.45) is 4.14. The number of thioether (sulfide) groups is 1. The van der Waals surface area contributed by atoms with E-state index in [1.54, 1.807) is 29.5 Å². The molecule has 0 atom stereocenters. The van der Waals surface area contributed by atoms with Crippen LogP contribution in [-0.4, -0.2) is 28.5 Å². The van der Waals surface area contributed by atoms with Crippen LogP contribution in [-0.2, 0) is 17.6 Å². The Kier molecular flexibility index (Phi) is 5.61. The van der Waals surface area contributed by atoms with Gasteiger partial charge in [0, 0.05) is 17.2 Å². The summed E-state index contributed by atoms with van der Waals surface area (Å²) in [5.74, 6) is 0.238. The van der Waals surface area contributed by atoms with Crippen LogP contribution in [0.2, 0.25) is 0 Å². The van der Waals surface area contributed by atoms with Gasteiger partial charge in [0.1, 0.15) is 10.6 Å². The van der Waals surface area contributed by atoms with Gasteiger partial charge in [-0.25, -0.2) is 9.37 Å². The first-order valence-corrected chi connectivity index (χ1v) is 11.0. The molecule has 7 heteroatoms. The van der Waals surface area contributed by atoms with Crippen molar-refractivity contribution in [3.63, 3.8) is 0 Å². The number of benzene rings is 1. The third-order valence-corrected chi connectivity index (χ3v) is 6.80. The smallest absolute Gasteiger partial charge is 0.267 e. The highest BCUT2D eigenvalue weighted by molar-refractivity contribution is 7.99. The van der Waals surface area contributed by atoms with Gasteiger partial charge < -0.3 is 4.74 Å². The highest BCUT2D eigenvalue weighted by Crippen LogP contribution is 2.35. The summed E-state index contributed by atoms with van der Waals surface area (Å²) in [5, 5.41) is 1.20. The van der Waals surface area contributed by atoms with Gasteiger partial charge in [0.15, 0.2) is 5.16 Å². The van der Waals surface area contributed by atoms with E-state index < -0.39 is 5.82 Å². The van der Waals surface area contributed by atoms with Crippen LogP contribution in [0.25, 0.3) is 15.9 Å². The van der Waals surface area contributed by atoms with Gasteiger partial charge in [-0.3, -0.25) is 9.36 Å². The second kappa shape index (κ2) is 8.12. The van der Waals surface area contributed by atoms with E-state index in [1.165, 1.54) is 27.3 Å². The number of ether oxygens (including phenoxy) is 1. The summed E-state index contributed by atoms with van der Waals surface area (Å²) in [7, 11) is 0. The van der Waals surface area contributed by atoms with Gasteiger partial charge in [-0.2, -0.15) is 0 Å². The monoisotopic (exact) mass is 404 g/mol. The molecule has 2 heterocycles. The predicted molar refractivity (Wildman–Crippen MR) is 109 cm³/mol. The molecule has 0 bridgehead atoms. The van der Waals surface area contributed by atoms with Crippen molar-refractivity contribution in [2.24, 2.45) is 0 Å². The molecule has 3 aromatic rings. The van der Waals surface area contributed by atoms with Gasteiger partial charge in [0.05, 0.1) is 17.7 Å². The summed E-state index contributed by atoms with van der Waals surface area (Å²) in [6, 6.07) is 6.39. The number of para-hydroxylation sites is 1. The van der Waals surface area contributed by atoms with Crippen molar-refractivity contribution in [2.45, 2.75) is 37.8 Å². The van der Waals surface area contributed by atoms with Gasteiger partial charge in [-0.1, -0.05) is 23.9 Å². The molecule has 1 aromatic carbocycles. The number of thiophene rings is 1. The van der Waals surface area contributed by atoms with Gasteiger partial charge in [-0.05, 0) is 50.3 Å². The maximum absolute atomic E-state index is 14.5. The van der Waals surface area contributed by atoms with Crippen molar-refractivity contribution in [2.75, 3.05) is 19.0 Å². The molecule has 0 saturated heterocycles. The molecule has 0 saturated carbocycles. The first kappa shape index (κ1) is 18.7. The van der Waals surface area contributed by atoms with Crippen LogP contribution in [0, 0.1) is 5.82 Å². The van der Waals surface area contributed by atoms with E-state index in [9.17, 15) is 9.18 Å². The van der Waals surface area contributed by atoms with Crippen LogP contribution in [0.5, 0.6) is 0 Å². The molecule has 0 fully saturated rings. The average molecular weight is 405 g/mol. The number of halogens is 1. The molecule has 4 nitrogen and oxygen atoms in total. The van der Waals surface area contributed by atoms with E-state index in [2.05, 4.69) is 0 Å². The molecule has 0 radical (unpaired) electrons. The van der Waals surface area contributed by atoms with Gasteiger partial charge in [-0.15, -0.1) is 11.3 Å². The first-order chi connectivity index (χ1) is 13.2. The molecule has 0 amide bonds. The minimum atomic E-state index is -0.420. The maximum Gasteiger partial charge on any atom is 0.267 e. The van der Waals surface area contributed by atoms with Crippen molar-refractivity contribution < 1.29 is 9.13 Å². The Morgan fingerprint density at radius 1 is 1.30 bits per heavy atom. The summed E-state index contributed by atoms with van der Waals surface area (Å²) >= 11 is 3.05. The highest BCUT2D eigenvalue weighted by atomic mass is 32.2. The van der Waals surface area contributed by atoms with Crippen LogP contribution in [0.1, 0.15) is 30.2 Å². The Labute approximate surface area is 165 Å². The van der Waals surface area contributed by atoms with E-state index in [0.29, 0.717) is 29.5 Å². The Bertz CT molecular complexity index is 1030. The summed E-state index contributed by atoms with van der Waals surface area (Å²) in [4.78, 5) is 20.3. The lowest BCUT2D eigenvalue weighted by Crippen LogP contribution is -2.23. The minimum absolute atomic E-state index is 0.164. The number of aromatic nitrogens is 2. The normalized spacial score (nSPS) is 13.9. The molecule has 2 aromatic heterocycles. The van der Waals surface area contributed by atoms with E-state index in [4.69, 9.17) is 9.72 Å². The fourth-order valence-corrected chi connectivity index (χ4v) is 5.62. The Morgan fingerprint density at radius 2 is 2.11 bits per heavy atom. The number of rotatable bonds is 6. The topological polar surface area (TPSA) is 44.1 Å². The third-order valence-electron chi connectivity index (χ3n) is 4.71. The Hall–Kier alpha value is -1.70. The number of fused-ring (bicyclic) bond motifs is 3.